The van der Waals surface area contributed by atoms with Crippen molar-refractivity contribution in [2.24, 2.45) is 5.73 Å². The molecule has 16 heavy (non-hydrogen) atoms. The van der Waals surface area contributed by atoms with Crippen LogP contribution in [0.1, 0.15) is 5.56 Å². The van der Waals surface area contributed by atoms with Crippen LogP contribution in [0.3, 0.4) is 0 Å². The molecule has 0 fully saturated rings. The normalized spacial score (nSPS) is 11.6. The maximum absolute atomic E-state index is 11.5. The Morgan fingerprint density at radius 2 is 2.12 bits per heavy atom. The Balaban J connectivity index is 2.44. The van der Waals surface area contributed by atoms with E-state index in [1.165, 1.54) is 7.11 Å². The van der Waals surface area contributed by atoms with Crippen LogP contribution < -0.4 is 11.1 Å². The zero-order valence-corrected chi connectivity index (χ0v) is 9.27. The van der Waals surface area contributed by atoms with Crippen molar-refractivity contribution >= 4 is 5.91 Å². The van der Waals surface area contributed by atoms with Crippen molar-refractivity contribution in [2.75, 3.05) is 7.11 Å². The lowest BCUT2D eigenvalue weighted by Crippen LogP contribution is -2.41. The van der Waals surface area contributed by atoms with Crippen molar-refractivity contribution in [3.05, 3.63) is 48.2 Å². The Hall–Kier alpha value is -1.81. The molecule has 4 nitrogen and oxygen atoms in total. The van der Waals surface area contributed by atoms with Gasteiger partial charge in [-0.1, -0.05) is 36.9 Å². The molecule has 86 valence electrons. The summed E-state index contributed by atoms with van der Waals surface area (Å²) in [5.41, 5.74) is 6.62. The number of nitrogens with two attached hydrogens (primary N) is 1. The average molecular weight is 220 g/mol. The Morgan fingerprint density at radius 1 is 1.50 bits per heavy atom. The minimum Gasteiger partial charge on any atom is -0.500 e. The van der Waals surface area contributed by atoms with Crippen molar-refractivity contribution in [2.45, 2.75) is 12.6 Å². The summed E-state index contributed by atoms with van der Waals surface area (Å²) in [6.07, 6.45) is 0. The number of carbonyl (C=O) groups excluding carboxylic acids is 1. The van der Waals surface area contributed by atoms with Gasteiger partial charge in [-0.15, -0.1) is 0 Å². The van der Waals surface area contributed by atoms with Gasteiger partial charge in [0.2, 0.25) is 5.91 Å². The van der Waals surface area contributed by atoms with Crippen LogP contribution in [0.2, 0.25) is 0 Å². The van der Waals surface area contributed by atoms with Crippen LogP contribution in [-0.4, -0.2) is 19.1 Å². The van der Waals surface area contributed by atoms with Crippen LogP contribution in [0.5, 0.6) is 0 Å². The molecule has 0 bridgehead atoms. The highest BCUT2D eigenvalue weighted by atomic mass is 16.5. The Labute approximate surface area is 95.1 Å². The number of ether oxygens (including phenoxy) is 1. The molecule has 0 aliphatic rings. The van der Waals surface area contributed by atoms with E-state index in [-0.39, 0.29) is 11.7 Å². The molecule has 0 radical (unpaired) electrons. The number of rotatable bonds is 5. The number of hydrogen-bond donors (Lipinski definition) is 2. The molecule has 0 saturated carbocycles. The first-order chi connectivity index (χ1) is 7.65. The molecule has 1 aromatic rings. The third-order valence-electron chi connectivity index (χ3n) is 2.20. The Bertz CT molecular complexity index is 363. The van der Waals surface area contributed by atoms with Crippen LogP contribution in [0, 0.1) is 0 Å². The van der Waals surface area contributed by atoms with E-state index in [0.717, 1.165) is 5.56 Å². The first kappa shape index (κ1) is 12.3. The lowest BCUT2D eigenvalue weighted by Gasteiger charge is -2.13. The highest BCUT2D eigenvalue weighted by molar-refractivity contribution is 5.84. The van der Waals surface area contributed by atoms with Gasteiger partial charge in [-0.05, 0) is 5.56 Å². The highest BCUT2D eigenvalue weighted by Crippen LogP contribution is 2.00. The molecule has 1 atom stereocenters. The zero-order chi connectivity index (χ0) is 12.0. The van der Waals surface area contributed by atoms with E-state index < -0.39 is 6.04 Å². The minimum absolute atomic E-state index is 0.255. The lowest BCUT2D eigenvalue weighted by atomic mass is 10.2. The molecule has 0 aliphatic carbocycles. The van der Waals surface area contributed by atoms with Gasteiger partial charge in [-0.2, -0.15) is 0 Å². The molecule has 0 unspecified atom stereocenters. The average Bonchev–Trinajstić information content (AvgIpc) is 2.35. The molecule has 1 aromatic carbocycles. The standard InChI is InChI=1S/C12H16N2O2/c1-9(16-2)11(13)12(15)14-8-10-6-4-3-5-7-10/h3-7,11H,1,8,13H2,2H3,(H,14,15)/t11-/m1/s1. The Kier molecular flexibility index (Phi) is 4.54. The largest absolute Gasteiger partial charge is 0.500 e. The highest BCUT2D eigenvalue weighted by Gasteiger charge is 2.16. The molecular weight excluding hydrogens is 204 g/mol. The number of nitrogens with one attached hydrogen (secondary N) is 1. The molecule has 4 heteroatoms. The molecule has 0 aromatic heterocycles. The number of benzene rings is 1. The van der Waals surface area contributed by atoms with Gasteiger partial charge < -0.3 is 15.8 Å². The summed E-state index contributed by atoms with van der Waals surface area (Å²) in [7, 11) is 1.44. The van der Waals surface area contributed by atoms with Crippen LogP contribution in [0.25, 0.3) is 0 Å². The summed E-state index contributed by atoms with van der Waals surface area (Å²) in [6, 6.07) is 8.77. The van der Waals surface area contributed by atoms with Gasteiger partial charge in [0.25, 0.3) is 0 Å². The fourth-order valence-electron chi connectivity index (χ4n) is 1.17. The molecular formula is C12H16N2O2. The summed E-state index contributed by atoms with van der Waals surface area (Å²) >= 11 is 0. The van der Waals surface area contributed by atoms with E-state index in [0.29, 0.717) is 6.54 Å². The van der Waals surface area contributed by atoms with Crippen LogP contribution >= 0.6 is 0 Å². The topological polar surface area (TPSA) is 64.3 Å². The van der Waals surface area contributed by atoms with E-state index in [4.69, 9.17) is 10.5 Å². The zero-order valence-electron chi connectivity index (χ0n) is 9.27. The molecule has 1 amide bonds. The third-order valence-corrected chi connectivity index (χ3v) is 2.20. The van der Waals surface area contributed by atoms with Crippen LogP contribution in [0.4, 0.5) is 0 Å². The number of methoxy groups -OCH3 is 1. The summed E-state index contributed by atoms with van der Waals surface area (Å²) in [6.45, 7) is 3.99. The second-order valence-corrected chi connectivity index (χ2v) is 3.35. The van der Waals surface area contributed by atoms with Gasteiger partial charge in [0.05, 0.1) is 7.11 Å². The third kappa shape index (κ3) is 3.40. The molecule has 0 saturated heterocycles. The maximum atomic E-state index is 11.5. The van der Waals surface area contributed by atoms with Gasteiger partial charge in [0.1, 0.15) is 11.8 Å². The number of amides is 1. The predicted octanol–water partition coefficient (Wildman–Crippen LogP) is 0.790. The van der Waals surface area contributed by atoms with Gasteiger partial charge in [0, 0.05) is 6.54 Å². The predicted molar refractivity (Wildman–Crippen MR) is 62.4 cm³/mol. The maximum Gasteiger partial charge on any atom is 0.245 e. The number of hydrogen-bond acceptors (Lipinski definition) is 3. The van der Waals surface area contributed by atoms with Gasteiger partial charge >= 0.3 is 0 Å². The first-order valence-electron chi connectivity index (χ1n) is 4.95. The molecule has 0 aliphatic heterocycles. The van der Waals surface area contributed by atoms with E-state index in [2.05, 4.69) is 11.9 Å². The van der Waals surface area contributed by atoms with E-state index in [1.807, 2.05) is 30.3 Å². The van der Waals surface area contributed by atoms with Gasteiger partial charge in [-0.25, -0.2) is 0 Å². The molecule has 3 N–H and O–H groups in total. The van der Waals surface area contributed by atoms with E-state index in [1.54, 1.807) is 0 Å². The fraction of sp³-hybridized carbons (Fsp3) is 0.250. The van der Waals surface area contributed by atoms with Crippen molar-refractivity contribution in [1.29, 1.82) is 0 Å². The van der Waals surface area contributed by atoms with Gasteiger partial charge in [0.15, 0.2) is 0 Å². The Morgan fingerprint density at radius 3 is 2.69 bits per heavy atom. The first-order valence-corrected chi connectivity index (χ1v) is 4.95. The quantitative estimate of drug-likeness (QED) is 0.721. The van der Waals surface area contributed by atoms with Crippen LogP contribution in [0.15, 0.2) is 42.7 Å². The summed E-state index contributed by atoms with van der Waals surface area (Å²) in [5.74, 6) is -0.0405. The monoisotopic (exact) mass is 220 g/mol. The summed E-state index contributed by atoms with van der Waals surface area (Å²) < 4.78 is 4.80. The van der Waals surface area contributed by atoms with Crippen molar-refractivity contribution in [3.63, 3.8) is 0 Å². The van der Waals surface area contributed by atoms with E-state index in [9.17, 15) is 4.79 Å². The smallest absolute Gasteiger partial charge is 0.245 e. The second kappa shape index (κ2) is 5.92. The summed E-state index contributed by atoms with van der Waals surface area (Å²) in [4.78, 5) is 11.5. The van der Waals surface area contributed by atoms with Crippen molar-refractivity contribution in [1.82, 2.24) is 5.32 Å². The molecule has 0 spiro atoms. The lowest BCUT2D eigenvalue weighted by molar-refractivity contribution is -0.122. The molecule has 1 rings (SSSR count). The van der Waals surface area contributed by atoms with Crippen molar-refractivity contribution in [3.8, 4) is 0 Å². The summed E-state index contributed by atoms with van der Waals surface area (Å²) in [5, 5.41) is 2.71. The van der Waals surface area contributed by atoms with Crippen LogP contribution in [-0.2, 0) is 16.1 Å². The minimum atomic E-state index is -0.825. The fourth-order valence-corrected chi connectivity index (χ4v) is 1.17. The number of carbonyl (C=O) groups is 1. The SMILES string of the molecule is C=C(OC)[C@@H](N)C(=O)NCc1ccccc1. The van der Waals surface area contributed by atoms with E-state index >= 15 is 0 Å². The van der Waals surface area contributed by atoms with Gasteiger partial charge in [-0.3, -0.25) is 4.79 Å². The molecule has 0 heterocycles. The van der Waals surface area contributed by atoms with Crippen molar-refractivity contribution < 1.29 is 9.53 Å². The second-order valence-electron chi connectivity index (χ2n) is 3.35.